The number of rotatable bonds is 1. The second-order valence-corrected chi connectivity index (χ2v) is 3.41. The van der Waals surface area contributed by atoms with Crippen LogP contribution in [-0.4, -0.2) is 12.6 Å². The third kappa shape index (κ3) is 1.63. The summed E-state index contributed by atoms with van der Waals surface area (Å²) in [7, 11) is 0. The maximum Gasteiger partial charge on any atom is 0.129 e. The van der Waals surface area contributed by atoms with Crippen molar-refractivity contribution in [3.63, 3.8) is 0 Å². The van der Waals surface area contributed by atoms with Gasteiger partial charge in [0.2, 0.25) is 0 Å². The molecule has 0 aliphatic carbocycles. The molecule has 2 unspecified atom stereocenters. The van der Waals surface area contributed by atoms with Gasteiger partial charge in [-0.15, -0.1) is 0 Å². The van der Waals surface area contributed by atoms with Gasteiger partial charge >= 0.3 is 0 Å². The molecule has 0 saturated carbocycles. The second-order valence-electron chi connectivity index (χ2n) is 3.41. The molecule has 2 nitrogen and oxygen atoms in total. The van der Waals surface area contributed by atoms with Gasteiger partial charge in [0, 0.05) is 18.2 Å². The Hall–Kier alpha value is -1.00. The molecular formula is C10H11F2NO. The lowest BCUT2D eigenvalue weighted by Crippen LogP contribution is -2.24. The van der Waals surface area contributed by atoms with E-state index in [4.69, 9.17) is 10.5 Å². The summed E-state index contributed by atoms with van der Waals surface area (Å²) in [5.41, 5.74) is 5.93. The first kappa shape index (κ1) is 9.55. The molecule has 76 valence electrons. The van der Waals surface area contributed by atoms with Crippen LogP contribution in [0.5, 0.6) is 0 Å². The molecule has 2 atom stereocenters. The fraction of sp³-hybridized carbons (Fsp3) is 0.400. The Labute approximate surface area is 80.7 Å². The zero-order chi connectivity index (χ0) is 10.1. The minimum atomic E-state index is -0.509. The molecule has 14 heavy (non-hydrogen) atoms. The molecule has 1 heterocycles. The Bertz CT molecular complexity index is 343. The van der Waals surface area contributed by atoms with Gasteiger partial charge in [-0.3, -0.25) is 0 Å². The van der Waals surface area contributed by atoms with E-state index in [9.17, 15) is 8.78 Å². The monoisotopic (exact) mass is 199 g/mol. The van der Waals surface area contributed by atoms with Gasteiger partial charge in [0.05, 0.1) is 0 Å². The van der Waals surface area contributed by atoms with Crippen LogP contribution in [0, 0.1) is 11.6 Å². The number of hydrogen-bond donors (Lipinski definition) is 1. The molecule has 2 rings (SSSR count). The Morgan fingerprint density at radius 3 is 2.79 bits per heavy atom. The smallest absolute Gasteiger partial charge is 0.129 e. The number of ether oxygens (including phenoxy) is 1. The highest BCUT2D eigenvalue weighted by molar-refractivity contribution is 5.23. The topological polar surface area (TPSA) is 35.2 Å². The normalized spacial score (nSPS) is 26.8. The molecule has 0 spiro atoms. The molecule has 2 N–H and O–H groups in total. The van der Waals surface area contributed by atoms with E-state index < -0.39 is 17.7 Å². The zero-order valence-electron chi connectivity index (χ0n) is 7.54. The molecular weight excluding hydrogens is 188 g/mol. The van der Waals surface area contributed by atoms with Crippen LogP contribution in [0.2, 0.25) is 0 Å². The van der Waals surface area contributed by atoms with Crippen molar-refractivity contribution in [3.05, 3.63) is 35.4 Å². The molecule has 0 radical (unpaired) electrons. The third-order valence-corrected chi connectivity index (χ3v) is 2.40. The summed E-state index contributed by atoms with van der Waals surface area (Å²) in [5, 5.41) is 0. The van der Waals surface area contributed by atoms with Crippen LogP contribution in [0.4, 0.5) is 8.78 Å². The number of benzene rings is 1. The van der Waals surface area contributed by atoms with Crippen molar-refractivity contribution in [2.24, 2.45) is 5.73 Å². The summed E-state index contributed by atoms with van der Waals surface area (Å²) in [6.07, 6.45) is 0.173. The van der Waals surface area contributed by atoms with Gasteiger partial charge in [-0.05, 0) is 24.6 Å². The lowest BCUT2D eigenvalue weighted by molar-refractivity contribution is 0.102. The second kappa shape index (κ2) is 3.63. The van der Waals surface area contributed by atoms with Crippen molar-refractivity contribution in [3.8, 4) is 0 Å². The molecule has 1 saturated heterocycles. The van der Waals surface area contributed by atoms with E-state index in [2.05, 4.69) is 0 Å². The first-order valence-corrected chi connectivity index (χ1v) is 4.50. The van der Waals surface area contributed by atoms with E-state index in [1.54, 1.807) is 0 Å². The predicted molar refractivity (Wildman–Crippen MR) is 47.6 cm³/mol. The summed E-state index contributed by atoms with van der Waals surface area (Å²) >= 11 is 0. The van der Waals surface area contributed by atoms with Gasteiger partial charge in [-0.2, -0.15) is 0 Å². The van der Waals surface area contributed by atoms with Crippen LogP contribution in [0.3, 0.4) is 0 Å². The van der Waals surface area contributed by atoms with Gasteiger partial charge in [0.15, 0.2) is 0 Å². The highest BCUT2D eigenvalue weighted by Gasteiger charge is 2.28. The molecule has 1 aromatic rings. The number of hydrogen-bond acceptors (Lipinski definition) is 2. The predicted octanol–water partition coefficient (Wildman–Crippen LogP) is 1.75. The molecule has 0 amide bonds. The van der Waals surface area contributed by atoms with Crippen molar-refractivity contribution >= 4 is 0 Å². The summed E-state index contributed by atoms with van der Waals surface area (Å²) < 4.78 is 31.4. The van der Waals surface area contributed by atoms with E-state index in [-0.39, 0.29) is 11.6 Å². The average molecular weight is 199 g/mol. The molecule has 1 aliphatic heterocycles. The van der Waals surface area contributed by atoms with Crippen LogP contribution in [0.1, 0.15) is 18.1 Å². The largest absolute Gasteiger partial charge is 0.372 e. The minimum absolute atomic E-state index is 0.218. The van der Waals surface area contributed by atoms with Crippen molar-refractivity contribution in [1.82, 2.24) is 0 Å². The van der Waals surface area contributed by atoms with Crippen molar-refractivity contribution in [2.75, 3.05) is 6.61 Å². The Morgan fingerprint density at radius 1 is 1.36 bits per heavy atom. The van der Waals surface area contributed by atoms with Gasteiger partial charge in [-0.25, -0.2) is 8.78 Å². The Balaban J connectivity index is 2.34. The average Bonchev–Trinajstić information content (AvgIpc) is 2.56. The van der Waals surface area contributed by atoms with Crippen LogP contribution in [0.15, 0.2) is 18.2 Å². The highest BCUT2D eigenvalue weighted by atomic mass is 19.1. The molecule has 1 aromatic carbocycles. The lowest BCUT2D eigenvalue weighted by atomic mass is 10.0. The summed E-state index contributed by atoms with van der Waals surface area (Å²) in [6.45, 7) is 0.502. The molecule has 1 fully saturated rings. The van der Waals surface area contributed by atoms with Crippen molar-refractivity contribution in [2.45, 2.75) is 18.6 Å². The van der Waals surface area contributed by atoms with Crippen LogP contribution in [0.25, 0.3) is 0 Å². The van der Waals surface area contributed by atoms with Gasteiger partial charge < -0.3 is 10.5 Å². The van der Waals surface area contributed by atoms with Crippen LogP contribution in [-0.2, 0) is 4.74 Å². The Morgan fingerprint density at radius 2 is 2.14 bits per heavy atom. The van der Waals surface area contributed by atoms with E-state index in [1.165, 1.54) is 0 Å². The van der Waals surface area contributed by atoms with E-state index >= 15 is 0 Å². The molecule has 0 aromatic heterocycles. The quantitative estimate of drug-likeness (QED) is 0.747. The summed E-state index contributed by atoms with van der Waals surface area (Å²) in [5.74, 6) is -0.933. The zero-order valence-corrected chi connectivity index (χ0v) is 7.54. The maximum absolute atomic E-state index is 13.3. The fourth-order valence-corrected chi connectivity index (χ4v) is 1.66. The Kier molecular flexibility index (Phi) is 2.48. The lowest BCUT2D eigenvalue weighted by Gasteiger charge is -2.15. The first-order valence-electron chi connectivity index (χ1n) is 4.50. The van der Waals surface area contributed by atoms with E-state index in [0.29, 0.717) is 13.0 Å². The van der Waals surface area contributed by atoms with Gasteiger partial charge in [0.1, 0.15) is 17.7 Å². The highest BCUT2D eigenvalue weighted by Crippen LogP contribution is 2.29. The minimum Gasteiger partial charge on any atom is -0.372 e. The molecule has 0 bridgehead atoms. The number of halogens is 2. The van der Waals surface area contributed by atoms with Crippen molar-refractivity contribution < 1.29 is 13.5 Å². The van der Waals surface area contributed by atoms with Crippen LogP contribution < -0.4 is 5.73 Å². The van der Waals surface area contributed by atoms with Crippen molar-refractivity contribution in [1.29, 1.82) is 0 Å². The fourth-order valence-electron chi connectivity index (χ4n) is 1.66. The molecule has 1 aliphatic rings. The third-order valence-electron chi connectivity index (χ3n) is 2.40. The van der Waals surface area contributed by atoms with E-state index in [1.807, 2.05) is 0 Å². The maximum atomic E-state index is 13.3. The first-order chi connectivity index (χ1) is 6.68. The summed E-state index contributed by atoms with van der Waals surface area (Å²) in [6, 6.07) is 3.08. The van der Waals surface area contributed by atoms with Gasteiger partial charge in [-0.1, -0.05) is 0 Å². The molecule has 4 heteroatoms. The summed E-state index contributed by atoms with van der Waals surface area (Å²) in [4.78, 5) is 0. The SMILES string of the molecule is NC1CCOC1c1cc(F)ccc1F. The van der Waals surface area contributed by atoms with Crippen LogP contribution >= 0.6 is 0 Å². The van der Waals surface area contributed by atoms with Gasteiger partial charge in [0.25, 0.3) is 0 Å². The standard InChI is InChI=1S/C10H11F2NO/c11-6-1-2-8(12)7(5-6)10-9(13)3-4-14-10/h1-2,5,9-10H,3-4,13H2. The number of nitrogens with two attached hydrogens (primary N) is 1. The van der Waals surface area contributed by atoms with E-state index in [0.717, 1.165) is 18.2 Å².